The molecule has 164 valence electrons. The van der Waals surface area contributed by atoms with Crippen molar-refractivity contribution in [3.05, 3.63) is 87.3 Å². The average molecular weight is 434 g/mol. The molecule has 0 aliphatic heterocycles. The maximum atomic E-state index is 12.7. The summed E-state index contributed by atoms with van der Waals surface area (Å²) in [5.74, 6) is 0.673. The number of imidazole rings is 1. The number of rotatable bonds is 7. The summed E-state index contributed by atoms with van der Waals surface area (Å²) in [6, 6.07) is 15.9. The molecule has 0 spiro atoms. The Hall–Kier alpha value is -4.14. The zero-order chi connectivity index (χ0) is 22.7. The highest BCUT2D eigenvalue weighted by atomic mass is 16.5. The molecule has 32 heavy (non-hydrogen) atoms. The van der Waals surface area contributed by atoms with Gasteiger partial charge in [-0.25, -0.2) is 14.6 Å². The molecule has 2 aromatic carbocycles. The number of nitrogens with zero attached hydrogens (tertiary/aromatic N) is 4. The molecule has 0 amide bonds. The van der Waals surface area contributed by atoms with E-state index in [9.17, 15) is 14.4 Å². The predicted octanol–water partition coefficient (Wildman–Crippen LogP) is 2.47. The van der Waals surface area contributed by atoms with Crippen LogP contribution in [0.2, 0.25) is 0 Å². The van der Waals surface area contributed by atoms with Crippen molar-refractivity contribution >= 4 is 17.1 Å². The van der Waals surface area contributed by atoms with Crippen LogP contribution in [0.25, 0.3) is 11.2 Å². The highest BCUT2D eigenvalue weighted by molar-refractivity contribution is 5.89. The first-order chi connectivity index (χ1) is 15.5. The van der Waals surface area contributed by atoms with Gasteiger partial charge in [0.2, 0.25) is 0 Å². The molecule has 0 saturated carbocycles. The van der Waals surface area contributed by atoms with E-state index in [0.29, 0.717) is 34.6 Å². The molecule has 0 saturated heterocycles. The number of aryl methyl sites for hydroxylation is 2. The van der Waals surface area contributed by atoms with Crippen LogP contribution in [-0.4, -0.2) is 31.3 Å². The summed E-state index contributed by atoms with van der Waals surface area (Å²) >= 11 is 0. The third-order valence-corrected chi connectivity index (χ3v) is 5.01. The van der Waals surface area contributed by atoms with Crippen LogP contribution in [0.15, 0.2) is 70.5 Å². The molecular formula is C23H22N4O5. The van der Waals surface area contributed by atoms with Crippen molar-refractivity contribution in [2.45, 2.75) is 13.0 Å². The molecular weight excluding hydrogens is 412 g/mol. The first-order valence-electron chi connectivity index (χ1n) is 10.1. The number of fused-ring (bicyclic) bond motifs is 1. The molecule has 0 radical (unpaired) electrons. The fourth-order valence-corrected chi connectivity index (χ4v) is 3.38. The van der Waals surface area contributed by atoms with Crippen LogP contribution in [0.5, 0.6) is 11.5 Å². The molecule has 9 heteroatoms. The summed E-state index contributed by atoms with van der Waals surface area (Å²) in [5.41, 5.74) is 0.156. The molecule has 0 fully saturated rings. The zero-order valence-electron chi connectivity index (χ0n) is 17.7. The van der Waals surface area contributed by atoms with Gasteiger partial charge in [-0.3, -0.25) is 13.9 Å². The molecule has 0 N–H and O–H groups in total. The topological polar surface area (TPSA) is 97.4 Å². The highest BCUT2D eigenvalue weighted by Gasteiger charge is 2.15. The fraction of sp³-hybridized carbons (Fsp3) is 0.217. The molecule has 2 heterocycles. The summed E-state index contributed by atoms with van der Waals surface area (Å²) in [6.07, 6.45) is 1.80. The van der Waals surface area contributed by atoms with Gasteiger partial charge >= 0.3 is 11.7 Å². The monoisotopic (exact) mass is 434 g/mol. The van der Waals surface area contributed by atoms with E-state index in [4.69, 9.17) is 9.47 Å². The van der Waals surface area contributed by atoms with Gasteiger partial charge in [-0.15, -0.1) is 0 Å². The molecule has 0 aliphatic carbocycles. The van der Waals surface area contributed by atoms with Crippen LogP contribution >= 0.6 is 0 Å². The van der Waals surface area contributed by atoms with Crippen molar-refractivity contribution in [1.82, 2.24) is 18.7 Å². The minimum Gasteiger partial charge on any atom is -0.462 e. The first-order valence-corrected chi connectivity index (χ1v) is 10.1. The summed E-state index contributed by atoms with van der Waals surface area (Å²) in [6.45, 7) is 0.179. The van der Waals surface area contributed by atoms with E-state index < -0.39 is 17.2 Å². The second-order valence-corrected chi connectivity index (χ2v) is 7.26. The normalized spacial score (nSPS) is 10.9. The molecule has 0 unspecified atom stereocenters. The Balaban J connectivity index is 1.39. The maximum Gasteiger partial charge on any atom is 0.338 e. The van der Waals surface area contributed by atoms with Gasteiger partial charge in [0.1, 0.15) is 11.5 Å². The quantitative estimate of drug-likeness (QED) is 0.327. The van der Waals surface area contributed by atoms with Crippen LogP contribution in [0, 0.1) is 0 Å². The lowest BCUT2D eigenvalue weighted by molar-refractivity contribution is 0.0495. The summed E-state index contributed by atoms with van der Waals surface area (Å²) in [7, 11) is 3.26. The number of para-hydroxylation sites is 1. The molecule has 0 bridgehead atoms. The van der Waals surface area contributed by atoms with Crippen molar-refractivity contribution in [3.63, 3.8) is 0 Å². The molecule has 0 aliphatic rings. The second-order valence-electron chi connectivity index (χ2n) is 7.26. The van der Waals surface area contributed by atoms with Crippen molar-refractivity contribution in [2.24, 2.45) is 14.1 Å². The van der Waals surface area contributed by atoms with Crippen molar-refractivity contribution < 1.29 is 14.3 Å². The SMILES string of the molecule is Cn1cnc2c1c(=O)n(CCCOC(=O)c1cccc(Oc3ccccc3)c1)c(=O)n2C. The highest BCUT2D eigenvalue weighted by Crippen LogP contribution is 2.22. The number of benzene rings is 2. The number of carbonyl (C=O) groups is 1. The first kappa shape index (κ1) is 21.1. The smallest absolute Gasteiger partial charge is 0.338 e. The van der Waals surface area contributed by atoms with Crippen LogP contribution in [0.1, 0.15) is 16.8 Å². The largest absolute Gasteiger partial charge is 0.462 e. The minimum absolute atomic E-state index is 0.0572. The number of esters is 1. The number of ether oxygens (including phenoxy) is 2. The van der Waals surface area contributed by atoms with Gasteiger partial charge in [-0.05, 0) is 36.8 Å². The lowest BCUT2D eigenvalue weighted by atomic mass is 10.2. The number of aromatic nitrogens is 4. The van der Waals surface area contributed by atoms with Gasteiger partial charge in [-0.2, -0.15) is 0 Å². The van der Waals surface area contributed by atoms with E-state index in [1.165, 1.54) is 10.9 Å². The third-order valence-electron chi connectivity index (χ3n) is 5.01. The molecule has 4 aromatic rings. The Morgan fingerprint density at radius 1 is 1.00 bits per heavy atom. The van der Waals surface area contributed by atoms with Gasteiger partial charge < -0.3 is 14.0 Å². The number of hydrogen-bond acceptors (Lipinski definition) is 6. The lowest BCUT2D eigenvalue weighted by Crippen LogP contribution is -2.39. The van der Waals surface area contributed by atoms with Gasteiger partial charge in [0, 0.05) is 20.6 Å². The Morgan fingerprint density at radius 2 is 1.75 bits per heavy atom. The lowest BCUT2D eigenvalue weighted by Gasteiger charge is -2.10. The third kappa shape index (κ3) is 4.18. The minimum atomic E-state index is -0.508. The van der Waals surface area contributed by atoms with Gasteiger partial charge in [0.15, 0.2) is 11.2 Å². The summed E-state index contributed by atoms with van der Waals surface area (Å²) in [4.78, 5) is 41.7. The zero-order valence-corrected chi connectivity index (χ0v) is 17.7. The number of hydrogen-bond donors (Lipinski definition) is 0. The van der Waals surface area contributed by atoms with Gasteiger partial charge in [0.25, 0.3) is 5.56 Å². The van der Waals surface area contributed by atoms with Gasteiger partial charge in [0.05, 0.1) is 18.5 Å². The Bertz CT molecular complexity index is 1390. The maximum absolute atomic E-state index is 12.7. The standard InChI is InChI=1S/C23H22N4O5/c1-25-15-24-20-19(25)21(28)27(23(30)26(20)2)12-7-13-31-22(29)16-8-6-11-18(14-16)32-17-9-4-3-5-10-17/h3-6,8-11,14-15H,7,12-13H2,1-2H3. The van der Waals surface area contributed by atoms with E-state index in [2.05, 4.69) is 4.98 Å². The van der Waals surface area contributed by atoms with E-state index in [-0.39, 0.29) is 13.2 Å². The predicted molar refractivity (Wildman–Crippen MR) is 118 cm³/mol. The van der Waals surface area contributed by atoms with E-state index in [0.717, 1.165) is 4.57 Å². The van der Waals surface area contributed by atoms with E-state index >= 15 is 0 Å². The fourth-order valence-electron chi connectivity index (χ4n) is 3.38. The van der Waals surface area contributed by atoms with Crippen molar-refractivity contribution in [1.29, 1.82) is 0 Å². The average Bonchev–Trinajstić information content (AvgIpc) is 3.19. The Morgan fingerprint density at radius 3 is 2.53 bits per heavy atom. The van der Waals surface area contributed by atoms with Crippen LogP contribution in [0.4, 0.5) is 0 Å². The Labute approximate surface area is 183 Å². The van der Waals surface area contributed by atoms with Gasteiger partial charge in [-0.1, -0.05) is 24.3 Å². The molecule has 2 aromatic heterocycles. The molecule has 4 rings (SSSR count). The number of carbonyl (C=O) groups excluding carboxylic acids is 1. The summed E-state index contributed by atoms with van der Waals surface area (Å²) < 4.78 is 15.1. The van der Waals surface area contributed by atoms with Crippen LogP contribution < -0.4 is 16.0 Å². The Kier molecular flexibility index (Phi) is 5.89. The van der Waals surface area contributed by atoms with Crippen LogP contribution in [0.3, 0.4) is 0 Å². The van der Waals surface area contributed by atoms with E-state index in [1.807, 2.05) is 30.3 Å². The van der Waals surface area contributed by atoms with E-state index in [1.54, 1.807) is 42.9 Å². The van der Waals surface area contributed by atoms with Crippen LogP contribution in [-0.2, 0) is 25.4 Å². The summed E-state index contributed by atoms with van der Waals surface area (Å²) in [5, 5.41) is 0. The van der Waals surface area contributed by atoms with Crippen molar-refractivity contribution in [3.8, 4) is 11.5 Å². The molecule has 9 nitrogen and oxygen atoms in total. The molecule has 0 atom stereocenters. The van der Waals surface area contributed by atoms with Crippen molar-refractivity contribution in [2.75, 3.05) is 6.61 Å². The second kappa shape index (κ2) is 8.93.